The van der Waals surface area contributed by atoms with Gasteiger partial charge in [-0.2, -0.15) is 8.78 Å². The number of alkyl halides is 4. The van der Waals surface area contributed by atoms with E-state index in [0.717, 1.165) is 0 Å². The highest BCUT2D eigenvalue weighted by molar-refractivity contribution is 5.88. The van der Waals surface area contributed by atoms with E-state index < -0.39 is 30.3 Å². The summed E-state index contributed by atoms with van der Waals surface area (Å²) < 4.78 is 53.1. The number of hydrogen-bond donors (Lipinski definition) is 2. The van der Waals surface area contributed by atoms with E-state index in [0.29, 0.717) is 0 Å². The van der Waals surface area contributed by atoms with E-state index >= 15 is 0 Å². The Labute approximate surface area is 93.7 Å². The maximum Gasteiger partial charge on any atom is 0.383 e. The van der Waals surface area contributed by atoms with Crippen LogP contribution in [0.2, 0.25) is 0 Å². The Kier molecular flexibility index (Phi) is 5.86. The van der Waals surface area contributed by atoms with E-state index in [1.54, 1.807) is 0 Å². The SMILES string of the molecule is COCCC(NC(=O)C(F)(F)C(F)F)C(=O)O. The first-order valence-electron chi connectivity index (χ1n) is 4.42. The monoisotopic (exact) mass is 261 g/mol. The Morgan fingerprint density at radius 3 is 2.29 bits per heavy atom. The zero-order valence-electron chi connectivity index (χ0n) is 8.75. The molecule has 0 spiro atoms. The topological polar surface area (TPSA) is 75.6 Å². The predicted molar refractivity (Wildman–Crippen MR) is 47.0 cm³/mol. The van der Waals surface area contributed by atoms with Crippen LogP contribution in [0.3, 0.4) is 0 Å². The maximum absolute atomic E-state index is 12.5. The van der Waals surface area contributed by atoms with Crippen LogP contribution in [0.1, 0.15) is 6.42 Å². The Morgan fingerprint density at radius 1 is 1.41 bits per heavy atom. The number of halogens is 4. The molecule has 0 heterocycles. The summed E-state index contributed by atoms with van der Waals surface area (Å²) in [5, 5.41) is 9.87. The zero-order chi connectivity index (χ0) is 13.6. The molecular weight excluding hydrogens is 250 g/mol. The van der Waals surface area contributed by atoms with Crippen molar-refractivity contribution < 1.29 is 37.0 Å². The zero-order valence-corrected chi connectivity index (χ0v) is 8.75. The Bertz CT molecular complexity index is 285. The largest absolute Gasteiger partial charge is 0.480 e. The van der Waals surface area contributed by atoms with Gasteiger partial charge in [-0.1, -0.05) is 0 Å². The number of carboxylic acid groups (broad SMARTS) is 1. The van der Waals surface area contributed by atoms with E-state index in [9.17, 15) is 27.2 Å². The first-order chi connectivity index (χ1) is 7.73. The van der Waals surface area contributed by atoms with Crippen LogP contribution in [0.25, 0.3) is 0 Å². The van der Waals surface area contributed by atoms with Crippen LogP contribution < -0.4 is 5.32 Å². The molecule has 9 heteroatoms. The molecule has 0 aliphatic heterocycles. The fourth-order valence-corrected chi connectivity index (χ4v) is 0.847. The molecular formula is C8H11F4NO4. The lowest BCUT2D eigenvalue weighted by Crippen LogP contribution is -2.51. The first kappa shape index (κ1) is 15.6. The molecule has 0 rings (SSSR count). The second-order valence-electron chi connectivity index (χ2n) is 3.07. The summed E-state index contributed by atoms with van der Waals surface area (Å²) in [6.45, 7) is -0.127. The van der Waals surface area contributed by atoms with Crippen molar-refractivity contribution in [3.63, 3.8) is 0 Å². The normalized spacial score (nSPS) is 13.5. The molecule has 0 bridgehead atoms. The van der Waals surface area contributed by atoms with Crippen LogP contribution in [0, 0.1) is 0 Å². The van der Waals surface area contributed by atoms with Gasteiger partial charge in [-0.25, -0.2) is 13.6 Å². The van der Waals surface area contributed by atoms with Crippen LogP contribution in [-0.4, -0.2) is 49.1 Å². The van der Waals surface area contributed by atoms with E-state index in [1.807, 2.05) is 0 Å². The van der Waals surface area contributed by atoms with Crippen molar-refractivity contribution >= 4 is 11.9 Å². The number of ether oxygens (including phenoxy) is 1. The number of hydrogen-bond acceptors (Lipinski definition) is 3. The van der Waals surface area contributed by atoms with Gasteiger partial charge < -0.3 is 15.2 Å². The minimum absolute atomic E-state index is 0.127. The van der Waals surface area contributed by atoms with Crippen LogP contribution in [0.15, 0.2) is 0 Å². The number of carbonyl (C=O) groups is 2. The molecule has 2 N–H and O–H groups in total. The third-order valence-corrected chi connectivity index (χ3v) is 1.79. The number of carboxylic acids is 1. The summed E-state index contributed by atoms with van der Waals surface area (Å²) in [6, 6.07) is -1.70. The molecule has 0 radical (unpaired) electrons. The summed E-state index contributed by atoms with van der Waals surface area (Å²) in [7, 11) is 1.23. The number of amides is 1. The summed E-state index contributed by atoms with van der Waals surface area (Å²) in [5.41, 5.74) is 0. The molecule has 5 nitrogen and oxygen atoms in total. The second kappa shape index (κ2) is 6.38. The second-order valence-corrected chi connectivity index (χ2v) is 3.07. The number of rotatable bonds is 7. The van der Waals surface area contributed by atoms with Crippen LogP contribution in [0.5, 0.6) is 0 Å². The average Bonchev–Trinajstić information content (AvgIpc) is 2.22. The molecule has 1 amide bonds. The quantitative estimate of drug-likeness (QED) is 0.654. The van der Waals surface area contributed by atoms with Gasteiger partial charge in [0.05, 0.1) is 0 Å². The molecule has 0 saturated carbocycles. The van der Waals surface area contributed by atoms with Crippen molar-refractivity contribution in [3.8, 4) is 0 Å². The van der Waals surface area contributed by atoms with Gasteiger partial charge in [-0.05, 0) is 0 Å². The highest BCUT2D eigenvalue weighted by Crippen LogP contribution is 2.23. The average molecular weight is 261 g/mol. The predicted octanol–water partition coefficient (Wildman–Crippen LogP) is 0.493. The molecule has 0 aromatic carbocycles. The summed E-state index contributed by atoms with van der Waals surface area (Å²) >= 11 is 0. The van der Waals surface area contributed by atoms with E-state index in [-0.39, 0.29) is 13.0 Å². The highest BCUT2D eigenvalue weighted by atomic mass is 19.3. The van der Waals surface area contributed by atoms with Gasteiger partial charge in [-0.3, -0.25) is 4.79 Å². The third kappa shape index (κ3) is 4.55. The molecule has 0 fully saturated rings. The lowest BCUT2D eigenvalue weighted by atomic mass is 10.2. The van der Waals surface area contributed by atoms with Gasteiger partial charge in [0.2, 0.25) is 0 Å². The van der Waals surface area contributed by atoms with Crippen molar-refractivity contribution in [2.24, 2.45) is 0 Å². The fraction of sp³-hybridized carbons (Fsp3) is 0.750. The van der Waals surface area contributed by atoms with Gasteiger partial charge in [0.25, 0.3) is 5.91 Å². The van der Waals surface area contributed by atoms with Crippen molar-refractivity contribution in [3.05, 3.63) is 0 Å². The molecule has 0 aliphatic rings. The lowest BCUT2D eigenvalue weighted by Gasteiger charge is -2.19. The van der Waals surface area contributed by atoms with E-state index in [2.05, 4.69) is 4.74 Å². The minimum Gasteiger partial charge on any atom is -0.480 e. The van der Waals surface area contributed by atoms with Crippen molar-refractivity contribution in [2.75, 3.05) is 13.7 Å². The van der Waals surface area contributed by atoms with Gasteiger partial charge in [0, 0.05) is 20.1 Å². The van der Waals surface area contributed by atoms with Crippen LogP contribution in [0.4, 0.5) is 17.6 Å². The van der Waals surface area contributed by atoms with Crippen molar-refractivity contribution in [1.29, 1.82) is 0 Å². The van der Waals surface area contributed by atoms with Gasteiger partial charge in [-0.15, -0.1) is 0 Å². The molecule has 1 atom stereocenters. The first-order valence-corrected chi connectivity index (χ1v) is 4.42. The van der Waals surface area contributed by atoms with Crippen LogP contribution in [-0.2, 0) is 14.3 Å². The third-order valence-electron chi connectivity index (χ3n) is 1.79. The Morgan fingerprint density at radius 2 is 1.94 bits per heavy atom. The Hall–Kier alpha value is -1.38. The summed E-state index contributed by atoms with van der Waals surface area (Å²) in [5.74, 6) is -8.85. The van der Waals surface area contributed by atoms with Gasteiger partial charge in [0.15, 0.2) is 0 Å². The van der Waals surface area contributed by atoms with Gasteiger partial charge >= 0.3 is 18.3 Å². The smallest absolute Gasteiger partial charge is 0.383 e. The molecule has 17 heavy (non-hydrogen) atoms. The standard InChI is InChI=1S/C8H11F4NO4/c1-17-3-2-4(5(14)15)13-7(16)8(11,12)6(9)10/h4,6H,2-3H2,1H3,(H,13,16)(H,14,15). The summed E-state index contributed by atoms with van der Waals surface area (Å²) in [6.07, 6.45) is -4.50. The number of carbonyl (C=O) groups excluding carboxylic acids is 1. The lowest BCUT2D eigenvalue weighted by molar-refractivity contribution is -0.171. The van der Waals surface area contributed by atoms with E-state index in [1.165, 1.54) is 12.4 Å². The molecule has 1 unspecified atom stereocenters. The summed E-state index contributed by atoms with van der Waals surface area (Å²) in [4.78, 5) is 21.3. The van der Waals surface area contributed by atoms with Crippen molar-refractivity contribution in [2.45, 2.75) is 24.8 Å². The van der Waals surface area contributed by atoms with E-state index in [4.69, 9.17) is 5.11 Å². The molecule has 0 aromatic rings. The van der Waals surface area contributed by atoms with Crippen LogP contribution >= 0.6 is 0 Å². The highest BCUT2D eigenvalue weighted by Gasteiger charge is 2.49. The number of nitrogens with one attached hydrogen (secondary N) is 1. The number of methoxy groups -OCH3 is 1. The number of aliphatic carboxylic acids is 1. The fourth-order valence-electron chi connectivity index (χ4n) is 0.847. The molecule has 0 aromatic heterocycles. The Balaban J connectivity index is 4.55. The minimum atomic E-state index is -4.92. The molecule has 0 saturated heterocycles. The molecule has 100 valence electrons. The van der Waals surface area contributed by atoms with Gasteiger partial charge in [0.1, 0.15) is 6.04 Å². The van der Waals surface area contributed by atoms with Crippen molar-refractivity contribution in [1.82, 2.24) is 5.32 Å². The molecule has 0 aliphatic carbocycles. The maximum atomic E-state index is 12.5.